The average molecular weight is 332 g/mol. The third-order valence-electron chi connectivity index (χ3n) is 4.46. The van der Waals surface area contributed by atoms with Crippen LogP contribution in [0, 0.1) is 0 Å². The summed E-state index contributed by atoms with van der Waals surface area (Å²) in [6.07, 6.45) is 0.816. The molecule has 1 aliphatic heterocycles. The zero-order valence-electron chi connectivity index (χ0n) is 13.3. The van der Waals surface area contributed by atoms with Crippen molar-refractivity contribution in [2.75, 3.05) is 26.2 Å². The van der Waals surface area contributed by atoms with Crippen molar-refractivity contribution in [1.29, 1.82) is 0 Å². The van der Waals surface area contributed by atoms with Crippen molar-refractivity contribution in [2.24, 2.45) is 0 Å². The van der Waals surface area contributed by atoms with Gasteiger partial charge in [0.1, 0.15) is 5.75 Å². The fourth-order valence-corrected chi connectivity index (χ4v) is 3.87. The smallest absolute Gasteiger partial charge is 0.115 e. The van der Waals surface area contributed by atoms with Crippen LogP contribution >= 0.6 is 11.3 Å². The van der Waals surface area contributed by atoms with E-state index in [9.17, 15) is 10.2 Å². The van der Waals surface area contributed by atoms with Crippen molar-refractivity contribution in [3.8, 4) is 5.75 Å². The van der Waals surface area contributed by atoms with E-state index >= 15 is 0 Å². The molecule has 1 atom stereocenters. The van der Waals surface area contributed by atoms with E-state index in [0.29, 0.717) is 11.8 Å². The van der Waals surface area contributed by atoms with E-state index in [1.54, 1.807) is 23.5 Å². The monoisotopic (exact) mass is 332 g/mol. The Morgan fingerprint density at radius 2 is 1.87 bits per heavy atom. The third kappa shape index (κ3) is 4.54. The predicted octanol–water partition coefficient (Wildman–Crippen LogP) is 2.52. The Labute approximate surface area is 141 Å². The predicted molar refractivity (Wildman–Crippen MR) is 93.6 cm³/mol. The van der Waals surface area contributed by atoms with Crippen molar-refractivity contribution < 1.29 is 10.2 Å². The summed E-state index contributed by atoms with van der Waals surface area (Å²) in [4.78, 5) is 4.93. The Balaban J connectivity index is 1.60. The first kappa shape index (κ1) is 16.5. The topological polar surface area (TPSA) is 46.9 Å². The number of aromatic hydroxyl groups is 1. The van der Waals surface area contributed by atoms with Gasteiger partial charge in [-0.2, -0.15) is 11.3 Å². The van der Waals surface area contributed by atoms with E-state index in [0.717, 1.165) is 39.1 Å². The van der Waals surface area contributed by atoms with E-state index in [1.165, 1.54) is 11.1 Å². The maximum atomic E-state index is 9.40. The van der Waals surface area contributed by atoms with Crippen LogP contribution in [0.5, 0.6) is 5.75 Å². The highest BCUT2D eigenvalue weighted by molar-refractivity contribution is 7.07. The minimum atomic E-state index is 0.234. The van der Waals surface area contributed by atoms with Gasteiger partial charge in [-0.05, 0) is 46.5 Å². The standard InChI is InChI=1S/C18H24N2O2S/c21-9-5-17-13-19(11-15-1-3-18(22)4-2-15)7-8-20(17)12-16-6-10-23-14-16/h1-4,6,10,14,17,21-22H,5,7-9,11-13H2. The first-order chi connectivity index (χ1) is 11.2. The quantitative estimate of drug-likeness (QED) is 0.853. The summed E-state index contributed by atoms with van der Waals surface area (Å²) >= 11 is 1.74. The largest absolute Gasteiger partial charge is 0.508 e. The van der Waals surface area contributed by atoms with E-state index < -0.39 is 0 Å². The Hall–Kier alpha value is -1.40. The molecule has 4 nitrogen and oxygen atoms in total. The molecular formula is C18H24N2O2S. The number of nitrogens with zero attached hydrogens (tertiary/aromatic N) is 2. The van der Waals surface area contributed by atoms with Gasteiger partial charge in [0.25, 0.3) is 0 Å². The van der Waals surface area contributed by atoms with Crippen LogP contribution in [-0.2, 0) is 13.1 Å². The number of benzene rings is 1. The molecule has 1 saturated heterocycles. The van der Waals surface area contributed by atoms with Gasteiger partial charge in [0.05, 0.1) is 0 Å². The van der Waals surface area contributed by atoms with E-state index in [-0.39, 0.29) is 6.61 Å². The van der Waals surface area contributed by atoms with Gasteiger partial charge in [0.2, 0.25) is 0 Å². The van der Waals surface area contributed by atoms with Gasteiger partial charge in [0.15, 0.2) is 0 Å². The van der Waals surface area contributed by atoms with Gasteiger partial charge in [-0.15, -0.1) is 0 Å². The molecule has 3 rings (SSSR count). The van der Waals surface area contributed by atoms with Crippen LogP contribution in [0.1, 0.15) is 17.5 Å². The van der Waals surface area contributed by atoms with Crippen LogP contribution in [0.15, 0.2) is 41.1 Å². The SMILES string of the molecule is OCCC1CN(Cc2ccc(O)cc2)CCN1Cc1ccsc1. The molecule has 0 bridgehead atoms. The molecule has 2 aromatic rings. The number of aliphatic hydroxyl groups is 1. The second-order valence-electron chi connectivity index (χ2n) is 6.17. The minimum Gasteiger partial charge on any atom is -0.508 e. The number of phenolic OH excluding ortho intramolecular Hbond substituents is 1. The maximum Gasteiger partial charge on any atom is 0.115 e. The molecule has 0 amide bonds. The first-order valence-corrected chi connectivity index (χ1v) is 9.05. The summed E-state index contributed by atoms with van der Waals surface area (Å²) in [5.41, 5.74) is 2.58. The van der Waals surface area contributed by atoms with Gasteiger partial charge in [-0.3, -0.25) is 9.80 Å². The van der Waals surface area contributed by atoms with Gasteiger partial charge in [-0.25, -0.2) is 0 Å². The zero-order chi connectivity index (χ0) is 16.1. The lowest BCUT2D eigenvalue weighted by molar-refractivity contribution is 0.0500. The molecule has 2 N–H and O–H groups in total. The first-order valence-electron chi connectivity index (χ1n) is 8.11. The Kier molecular flexibility index (Phi) is 5.67. The summed E-state index contributed by atoms with van der Waals surface area (Å²) in [5.74, 6) is 0.312. The fraction of sp³-hybridized carbons (Fsp3) is 0.444. The van der Waals surface area contributed by atoms with E-state index in [1.807, 2.05) is 12.1 Å². The summed E-state index contributed by atoms with van der Waals surface area (Å²) in [5, 5.41) is 23.1. The maximum absolute atomic E-state index is 9.40. The second kappa shape index (κ2) is 7.93. The highest BCUT2D eigenvalue weighted by atomic mass is 32.1. The molecule has 5 heteroatoms. The van der Waals surface area contributed by atoms with Gasteiger partial charge in [0, 0.05) is 45.4 Å². The van der Waals surface area contributed by atoms with Crippen LogP contribution in [0.4, 0.5) is 0 Å². The molecule has 1 unspecified atom stereocenters. The molecule has 1 aromatic carbocycles. The molecule has 0 radical (unpaired) electrons. The van der Waals surface area contributed by atoms with Gasteiger partial charge in [-0.1, -0.05) is 12.1 Å². The van der Waals surface area contributed by atoms with Crippen LogP contribution in [0.3, 0.4) is 0 Å². The third-order valence-corrected chi connectivity index (χ3v) is 5.19. The Bertz CT molecular complexity index is 586. The summed E-state index contributed by atoms with van der Waals surface area (Å²) in [6, 6.07) is 10.0. The number of rotatable bonds is 6. The minimum absolute atomic E-state index is 0.234. The number of hydrogen-bond acceptors (Lipinski definition) is 5. The summed E-state index contributed by atoms with van der Waals surface area (Å²) < 4.78 is 0. The van der Waals surface area contributed by atoms with Gasteiger partial charge < -0.3 is 10.2 Å². The number of phenols is 1. The highest BCUT2D eigenvalue weighted by Gasteiger charge is 2.26. The Morgan fingerprint density at radius 3 is 2.57 bits per heavy atom. The molecule has 2 heterocycles. The number of aliphatic hydroxyl groups excluding tert-OH is 1. The molecule has 1 aliphatic rings. The van der Waals surface area contributed by atoms with Crippen molar-refractivity contribution in [2.45, 2.75) is 25.6 Å². The van der Waals surface area contributed by atoms with Crippen molar-refractivity contribution in [3.05, 3.63) is 52.2 Å². The normalized spacial score (nSPS) is 20.0. The average Bonchev–Trinajstić information content (AvgIpc) is 3.05. The van der Waals surface area contributed by atoms with E-state index in [2.05, 4.69) is 26.6 Å². The molecule has 124 valence electrons. The molecule has 0 spiro atoms. The molecule has 0 saturated carbocycles. The molecular weight excluding hydrogens is 308 g/mol. The number of hydrogen-bond donors (Lipinski definition) is 2. The summed E-state index contributed by atoms with van der Waals surface area (Å²) in [6.45, 7) is 5.14. The molecule has 1 aromatic heterocycles. The number of piperazine rings is 1. The number of thiophene rings is 1. The second-order valence-corrected chi connectivity index (χ2v) is 6.95. The molecule has 23 heavy (non-hydrogen) atoms. The summed E-state index contributed by atoms with van der Waals surface area (Å²) in [7, 11) is 0. The zero-order valence-corrected chi connectivity index (χ0v) is 14.1. The molecule has 0 aliphatic carbocycles. The Morgan fingerprint density at radius 1 is 1.04 bits per heavy atom. The fourth-order valence-electron chi connectivity index (χ4n) is 3.21. The van der Waals surface area contributed by atoms with Crippen molar-refractivity contribution >= 4 is 11.3 Å². The van der Waals surface area contributed by atoms with Crippen molar-refractivity contribution in [1.82, 2.24) is 9.80 Å². The highest BCUT2D eigenvalue weighted by Crippen LogP contribution is 2.20. The van der Waals surface area contributed by atoms with E-state index in [4.69, 9.17) is 0 Å². The van der Waals surface area contributed by atoms with Crippen LogP contribution in [0.2, 0.25) is 0 Å². The van der Waals surface area contributed by atoms with Crippen LogP contribution in [0.25, 0.3) is 0 Å². The van der Waals surface area contributed by atoms with Crippen molar-refractivity contribution in [3.63, 3.8) is 0 Å². The lowest BCUT2D eigenvalue weighted by atomic mass is 10.1. The molecule has 1 fully saturated rings. The van der Waals surface area contributed by atoms with Crippen LogP contribution < -0.4 is 0 Å². The lowest BCUT2D eigenvalue weighted by Crippen LogP contribution is -2.52. The van der Waals surface area contributed by atoms with Crippen LogP contribution in [-0.4, -0.2) is 52.3 Å². The van der Waals surface area contributed by atoms with Gasteiger partial charge >= 0.3 is 0 Å². The lowest BCUT2D eigenvalue weighted by Gasteiger charge is -2.41.